The van der Waals surface area contributed by atoms with E-state index in [1.807, 2.05) is 0 Å². The van der Waals surface area contributed by atoms with Crippen molar-refractivity contribution in [3.63, 3.8) is 0 Å². The number of nitrogens with one attached hydrogen (secondary N) is 2. The Bertz CT molecular complexity index is 515. The Morgan fingerprint density at radius 1 is 1.45 bits per heavy atom. The molecule has 1 aromatic rings. The standard InChI is InChI=1S/C15H21N3O2.2ClH/c1-20-13-5-7-16-9-12(13)18-14(19)15-6-3-2-4-11(15)8-17-10-15;;/h5,7,9,11,17H,2-4,6,8,10H2,1H3,(H,18,19);2*1H/t11-,15+;;/m0../s1. The van der Waals surface area contributed by atoms with Gasteiger partial charge in [-0.25, -0.2) is 0 Å². The van der Waals surface area contributed by atoms with Crippen molar-refractivity contribution in [3.05, 3.63) is 18.5 Å². The van der Waals surface area contributed by atoms with Crippen LogP contribution in [0, 0.1) is 11.3 Å². The highest BCUT2D eigenvalue weighted by molar-refractivity contribution is 5.97. The van der Waals surface area contributed by atoms with Gasteiger partial charge in [-0.3, -0.25) is 9.78 Å². The van der Waals surface area contributed by atoms with Gasteiger partial charge in [0, 0.05) is 18.8 Å². The first kappa shape index (κ1) is 19.0. The van der Waals surface area contributed by atoms with Gasteiger partial charge in [-0.1, -0.05) is 12.8 Å². The van der Waals surface area contributed by atoms with Crippen LogP contribution < -0.4 is 15.4 Å². The van der Waals surface area contributed by atoms with Crippen LogP contribution in [-0.4, -0.2) is 31.1 Å². The molecular formula is C15H23Cl2N3O2. The molecular weight excluding hydrogens is 325 g/mol. The van der Waals surface area contributed by atoms with Crippen LogP contribution in [0.1, 0.15) is 25.7 Å². The lowest BCUT2D eigenvalue weighted by Gasteiger charge is -2.37. The van der Waals surface area contributed by atoms with Crippen LogP contribution in [0.25, 0.3) is 0 Å². The van der Waals surface area contributed by atoms with E-state index >= 15 is 0 Å². The first-order chi connectivity index (χ1) is 9.76. The number of anilines is 1. The number of methoxy groups -OCH3 is 1. The first-order valence-corrected chi connectivity index (χ1v) is 7.26. The van der Waals surface area contributed by atoms with Gasteiger partial charge in [0.15, 0.2) is 0 Å². The van der Waals surface area contributed by atoms with Gasteiger partial charge in [-0.2, -0.15) is 0 Å². The number of ether oxygens (including phenoxy) is 1. The lowest BCUT2D eigenvalue weighted by molar-refractivity contribution is -0.128. The molecule has 124 valence electrons. The minimum absolute atomic E-state index is 0. The third-order valence-corrected chi connectivity index (χ3v) is 4.74. The number of fused-ring (bicyclic) bond motifs is 1. The molecule has 2 aliphatic rings. The lowest BCUT2D eigenvalue weighted by atomic mass is 9.67. The largest absolute Gasteiger partial charge is 0.494 e. The Balaban J connectivity index is 0.00000121. The summed E-state index contributed by atoms with van der Waals surface area (Å²) in [5.74, 6) is 1.22. The van der Waals surface area contributed by atoms with Crippen molar-refractivity contribution in [1.29, 1.82) is 0 Å². The highest BCUT2D eigenvalue weighted by Crippen LogP contribution is 2.44. The number of carbonyl (C=O) groups excluding carboxylic acids is 1. The quantitative estimate of drug-likeness (QED) is 0.882. The van der Waals surface area contributed by atoms with Crippen molar-refractivity contribution < 1.29 is 9.53 Å². The minimum Gasteiger partial charge on any atom is -0.494 e. The number of hydrogen-bond donors (Lipinski definition) is 2. The molecule has 2 fully saturated rings. The third-order valence-electron chi connectivity index (χ3n) is 4.74. The average molecular weight is 348 g/mol. The molecule has 2 atom stereocenters. The normalized spacial score (nSPS) is 26.1. The predicted molar refractivity (Wildman–Crippen MR) is 91.2 cm³/mol. The van der Waals surface area contributed by atoms with Crippen LogP contribution in [0.5, 0.6) is 5.75 Å². The molecule has 2 heterocycles. The first-order valence-electron chi connectivity index (χ1n) is 7.26. The van der Waals surface area contributed by atoms with Crippen LogP contribution >= 0.6 is 24.8 Å². The maximum absolute atomic E-state index is 12.8. The highest BCUT2D eigenvalue weighted by atomic mass is 35.5. The van der Waals surface area contributed by atoms with Gasteiger partial charge < -0.3 is 15.4 Å². The molecule has 1 aromatic heterocycles. The zero-order chi connectivity index (χ0) is 14.0. The van der Waals surface area contributed by atoms with E-state index < -0.39 is 0 Å². The molecule has 7 heteroatoms. The van der Waals surface area contributed by atoms with Crippen LogP contribution in [-0.2, 0) is 4.79 Å². The maximum Gasteiger partial charge on any atom is 0.232 e. The van der Waals surface area contributed by atoms with Gasteiger partial charge in [0.05, 0.1) is 18.7 Å². The van der Waals surface area contributed by atoms with Crippen LogP contribution in [0.4, 0.5) is 5.69 Å². The molecule has 1 saturated carbocycles. The smallest absolute Gasteiger partial charge is 0.232 e. The van der Waals surface area contributed by atoms with Crippen molar-refractivity contribution in [3.8, 4) is 5.75 Å². The zero-order valence-corrected chi connectivity index (χ0v) is 14.3. The summed E-state index contributed by atoms with van der Waals surface area (Å²) in [5, 5.41) is 6.42. The number of carbonyl (C=O) groups is 1. The van der Waals surface area contributed by atoms with Crippen LogP contribution in [0.15, 0.2) is 18.5 Å². The number of aromatic nitrogens is 1. The molecule has 2 N–H and O–H groups in total. The fraction of sp³-hybridized carbons (Fsp3) is 0.600. The molecule has 1 saturated heterocycles. The van der Waals surface area contributed by atoms with Gasteiger partial charge in [0.1, 0.15) is 11.4 Å². The number of halogens is 2. The van der Waals surface area contributed by atoms with E-state index in [1.54, 1.807) is 25.6 Å². The number of amides is 1. The van der Waals surface area contributed by atoms with Crippen molar-refractivity contribution in [1.82, 2.24) is 10.3 Å². The fourth-order valence-electron chi connectivity index (χ4n) is 3.59. The summed E-state index contributed by atoms with van der Waals surface area (Å²) >= 11 is 0. The number of rotatable bonds is 3. The van der Waals surface area contributed by atoms with E-state index in [2.05, 4.69) is 15.6 Å². The fourth-order valence-corrected chi connectivity index (χ4v) is 3.59. The molecule has 0 unspecified atom stereocenters. The third kappa shape index (κ3) is 3.31. The number of pyridine rings is 1. The van der Waals surface area contributed by atoms with E-state index in [9.17, 15) is 4.79 Å². The zero-order valence-electron chi connectivity index (χ0n) is 12.6. The number of nitrogens with zero attached hydrogens (tertiary/aromatic N) is 1. The van der Waals surface area contributed by atoms with Crippen molar-refractivity contribution in [2.24, 2.45) is 11.3 Å². The predicted octanol–water partition coefficient (Wildman–Crippen LogP) is 2.65. The van der Waals surface area contributed by atoms with E-state index in [-0.39, 0.29) is 36.1 Å². The molecule has 1 amide bonds. The minimum atomic E-state index is -0.251. The lowest BCUT2D eigenvalue weighted by Crippen LogP contribution is -2.44. The van der Waals surface area contributed by atoms with E-state index in [1.165, 1.54) is 6.42 Å². The van der Waals surface area contributed by atoms with E-state index in [0.29, 0.717) is 17.4 Å². The Morgan fingerprint density at radius 3 is 3.05 bits per heavy atom. The summed E-state index contributed by atoms with van der Waals surface area (Å²) in [4.78, 5) is 16.9. The Labute approximate surface area is 143 Å². The topological polar surface area (TPSA) is 63.2 Å². The van der Waals surface area contributed by atoms with E-state index in [0.717, 1.165) is 32.4 Å². The molecule has 0 radical (unpaired) electrons. The molecule has 1 aliphatic heterocycles. The van der Waals surface area contributed by atoms with Crippen molar-refractivity contribution in [2.45, 2.75) is 25.7 Å². The van der Waals surface area contributed by atoms with Crippen molar-refractivity contribution in [2.75, 3.05) is 25.5 Å². The van der Waals surface area contributed by atoms with Crippen LogP contribution in [0.2, 0.25) is 0 Å². The summed E-state index contributed by atoms with van der Waals surface area (Å²) < 4.78 is 5.27. The number of hydrogen-bond acceptors (Lipinski definition) is 4. The summed E-state index contributed by atoms with van der Waals surface area (Å²) in [6.45, 7) is 1.74. The summed E-state index contributed by atoms with van der Waals surface area (Å²) in [6.07, 6.45) is 7.79. The summed E-state index contributed by atoms with van der Waals surface area (Å²) in [7, 11) is 1.60. The maximum atomic E-state index is 12.8. The Kier molecular flexibility index (Phi) is 6.91. The van der Waals surface area contributed by atoms with E-state index in [4.69, 9.17) is 4.74 Å². The second-order valence-corrected chi connectivity index (χ2v) is 5.76. The van der Waals surface area contributed by atoms with Gasteiger partial charge in [0.25, 0.3) is 0 Å². The van der Waals surface area contributed by atoms with Gasteiger partial charge in [-0.05, 0) is 25.3 Å². The molecule has 0 bridgehead atoms. The molecule has 3 rings (SSSR count). The van der Waals surface area contributed by atoms with Gasteiger partial charge in [0.2, 0.25) is 5.91 Å². The molecule has 5 nitrogen and oxygen atoms in total. The van der Waals surface area contributed by atoms with Crippen molar-refractivity contribution >= 4 is 36.4 Å². The Hall–Kier alpha value is -1.04. The molecule has 22 heavy (non-hydrogen) atoms. The average Bonchev–Trinajstić information content (AvgIpc) is 2.93. The SMILES string of the molecule is COc1ccncc1NC(=O)[C@@]12CCCC[C@H]1CNC2.Cl.Cl. The molecule has 0 spiro atoms. The summed E-state index contributed by atoms with van der Waals surface area (Å²) in [5.41, 5.74) is 0.407. The second kappa shape index (κ2) is 7.99. The van der Waals surface area contributed by atoms with Crippen LogP contribution in [0.3, 0.4) is 0 Å². The highest BCUT2D eigenvalue weighted by Gasteiger charge is 2.49. The van der Waals surface area contributed by atoms with Gasteiger partial charge >= 0.3 is 0 Å². The monoisotopic (exact) mass is 347 g/mol. The Morgan fingerprint density at radius 2 is 2.27 bits per heavy atom. The summed E-state index contributed by atoms with van der Waals surface area (Å²) in [6, 6.07) is 1.76. The second-order valence-electron chi connectivity index (χ2n) is 5.76. The molecule has 1 aliphatic carbocycles. The van der Waals surface area contributed by atoms with Gasteiger partial charge in [-0.15, -0.1) is 24.8 Å². The molecule has 0 aromatic carbocycles.